The lowest BCUT2D eigenvalue weighted by atomic mass is 10.2. The molecule has 0 fully saturated rings. The van der Waals surface area contributed by atoms with Crippen molar-refractivity contribution >= 4 is 11.9 Å². The van der Waals surface area contributed by atoms with E-state index in [0.717, 1.165) is 0 Å². The molecule has 2 aromatic rings. The van der Waals surface area contributed by atoms with E-state index in [1.807, 2.05) is 21.1 Å². The zero-order valence-electron chi connectivity index (χ0n) is 16.2. The Balaban J connectivity index is 2.06. The number of nitrogens with zero attached hydrogens (tertiary/aromatic N) is 3. The van der Waals surface area contributed by atoms with Crippen molar-refractivity contribution in [3.63, 3.8) is 0 Å². The molecule has 28 heavy (non-hydrogen) atoms. The minimum absolute atomic E-state index is 0.0621. The number of hydrogen-bond acceptors (Lipinski definition) is 6. The number of likely N-dealkylation sites (N-methyl/N-ethyl adjacent to an activating group) is 1. The van der Waals surface area contributed by atoms with Crippen molar-refractivity contribution in [2.45, 2.75) is 12.5 Å². The number of carbonyl (C=O) groups is 2. The normalized spacial score (nSPS) is 11.9. The van der Waals surface area contributed by atoms with Crippen LogP contribution in [0.1, 0.15) is 28.3 Å². The monoisotopic (exact) mass is 387 g/mol. The van der Waals surface area contributed by atoms with Gasteiger partial charge in [0.15, 0.2) is 11.5 Å². The molecule has 1 unspecified atom stereocenters. The van der Waals surface area contributed by atoms with Gasteiger partial charge in [0.2, 0.25) is 0 Å². The maximum atomic E-state index is 12.4. The molecule has 2 rings (SSSR count). The van der Waals surface area contributed by atoms with Crippen LogP contribution in [0.4, 0.5) is 0 Å². The van der Waals surface area contributed by atoms with E-state index >= 15 is 0 Å². The Hall–Kier alpha value is -3.38. The first-order valence-corrected chi connectivity index (χ1v) is 8.47. The van der Waals surface area contributed by atoms with E-state index < -0.39 is 17.9 Å². The van der Waals surface area contributed by atoms with Crippen molar-refractivity contribution < 1.29 is 28.3 Å². The Morgan fingerprint density at radius 3 is 2.50 bits per heavy atom. The Kier molecular flexibility index (Phi) is 6.74. The Labute approximate surface area is 162 Å². The van der Waals surface area contributed by atoms with Crippen LogP contribution in [-0.2, 0) is 4.79 Å². The van der Waals surface area contributed by atoms with Gasteiger partial charge in [-0.3, -0.25) is 9.59 Å². The van der Waals surface area contributed by atoms with E-state index in [-0.39, 0.29) is 18.2 Å². The summed E-state index contributed by atoms with van der Waals surface area (Å²) in [5.74, 6) is 4.50. The summed E-state index contributed by atoms with van der Waals surface area (Å²) in [7, 11) is 7.23. The van der Waals surface area contributed by atoms with Crippen LogP contribution in [0.3, 0.4) is 0 Å². The molecule has 0 radical (unpaired) electrons. The molecule has 9 nitrogen and oxygen atoms in total. The Morgan fingerprint density at radius 2 is 1.93 bits per heavy atom. The van der Waals surface area contributed by atoms with Crippen molar-refractivity contribution in [2.75, 3.05) is 34.8 Å². The summed E-state index contributed by atoms with van der Waals surface area (Å²) >= 11 is 0. The summed E-state index contributed by atoms with van der Waals surface area (Å²) in [6.07, 6.45) is 2.85. The number of aromatic nitrogens is 2. The predicted octanol–water partition coefficient (Wildman–Crippen LogP) is 0.757. The minimum Gasteiger partial charge on any atom is -0.481 e. The predicted molar refractivity (Wildman–Crippen MR) is 99.7 cm³/mol. The number of rotatable bonds is 7. The summed E-state index contributed by atoms with van der Waals surface area (Å²) in [5, 5.41) is 11.8. The smallest absolute Gasteiger partial charge is 0.316 e. The molecule has 0 saturated heterocycles. The number of carboxylic acid groups (broad SMARTS) is 1. The molecule has 0 aliphatic carbocycles. The molecule has 0 aliphatic rings. The van der Waals surface area contributed by atoms with E-state index in [9.17, 15) is 9.59 Å². The maximum absolute atomic E-state index is 12.4. The van der Waals surface area contributed by atoms with Crippen LogP contribution in [0, 0.1) is 11.8 Å². The third-order valence-corrected chi connectivity index (χ3v) is 3.49. The molecule has 2 aromatic heterocycles. The van der Waals surface area contributed by atoms with Crippen molar-refractivity contribution in [3.05, 3.63) is 41.6 Å². The molecule has 1 atom stereocenters. The average Bonchev–Trinajstić information content (AvgIpc) is 3.07. The molecule has 0 saturated carbocycles. The van der Waals surface area contributed by atoms with Crippen LogP contribution in [0.5, 0.6) is 6.01 Å². The highest BCUT2D eigenvalue weighted by Crippen LogP contribution is 2.09. The van der Waals surface area contributed by atoms with E-state index in [2.05, 4.69) is 27.1 Å². The zero-order chi connectivity index (χ0) is 20.7. The lowest BCUT2D eigenvalue weighted by Crippen LogP contribution is -2.49. The SMILES string of the molecule is COc1ncc(C#Cc2ccc(C(=O)NC(CC(=O)O)C[N+](C)(C)C)o2)cn1. The third kappa shape index (κ3) is 6.74. The van der Waals surface area contributed by atoms with E-state index in [4.69, 9.17) is 14.3 Å². The van der Waals surface area contributed by atoms with Gasteiger partial charge >= 0.3 is 12.0 Å². The fourth-order valence-electron chi connectivity index (χ4n) is 2.44. The summed E-state index contributed by atoms with van der Waals surface area (Å²) < 4.78 is 10.8. The van der Waals surface area contributed by atoms with Gasteiger partial charge < -0.3 is 24.1 Å². The Morgan fingerprint density at radius 1 is 1.25 bits per heavy atom. The van der Waals surface area contributed by atoms with Gasteiger partial charge in [-0.1, -0.05) is 5.92 Å². The third-order valence-electron chi connectivity index (χ3n) is 3.49. The molecule has 2 heterocycles. The quantitative estimate of drug-likeness (QED) is 0.532. The molecule has 9 heteroatoms. The van der Waals surface area contributed by atoms with E-state index in [0.29, 0.717) is 22.4 Å². The summed E-state index contributed by atoms with van der Waals surface area (Å²) in [4.78, 5) is 31.4. The Bertz CT molecular complexity index is 888. The number of hydrogen-bond donors (Lipinski definition) is 2. The molecule has 2 N–H and O–H groups in total. The fraction of sp³-hybridized carbons (Fsp3) is 0.368. The first-order valence-electron chi connectivity index (χ1n) is 8.47. The van der Waals surface area contributed by atoms with Crippen LogP contribution in [0.2, 0.25) is 0 Å². The number of carboxylic acids is 1. The summed E-state index contributed by atoms with van der Waals surface area (Å²) in [6, 6.07) is 2.78. The van der Waals surface area contributed by atoms with Crippen molar-refractivity contribution in [1.29, 1.82) is 0 Å². The van der Waals surface area contributed by atoms with Crippen LogP contribution < -0.4 is 10.1 Å². The molecule has 1 amide bonds. The lowest BCUT2D eigenvalue weighted by Gasteiger charge is -2.28. The second kappa shape index (κ2) is 9.01. The van der Waals surface area contributed by atoms with Gasteiger partial charge in [0.25, 0.3) is 5.91 Å². The lowest BCUT2D eigenvalue weighted by molar-refractivity contribution is -0.871. The topological polar surface area (TPSA) is 115 Å². The minimum atomic E-state index is -0.980. The van der Waals surface area contributed by atoms with Crippen molar-refractivity contribution in [2.24, 2.45) is 0 Å². The van der Waals surface area contributed by atoms with Crippen LogP contribution in [-0.4, -0.2) is 72.3 Å². The second-order valence-corrected chi connectivity index (χ2v) is 7.11. The number of ether oxygens (including phenoxy) is 1. The van der Waals surface area contributed by atoms with E-state index in [1.165, 1.54) is 25.6 Å². The first kappa shape index (κ1) is 20.9. The molecule has 0 aliphatic heterocycles. The van der Waals surface area contributed by atoms with Gasteiger partial charge in [0.05, 0.1) is 52.8 Å². The van der Waals surface area contributed by atoms with Gasteiger partial charge in [-0.15, -0.1) is 0 Å². The number of carbonyl (C=O) groups excluding carboxylic acids is 1. The number of furan rings is 1. The van der Waals surface area contributed by atoms with Crippen LogP contribution in [0.15, 0.2) is 28.9 Å². The van der Waals surface area contributed by atoms with Crippen molar-refractivity contribution in [3.8, 4) is 17.9 Å². The number of nitrogens with one attached hydrogen (secondary N) is 1. The summed E-state index contributed by atoms with van der Waals surface area (Å²) in [6.45, 7) is 0.461. The summed E-state index contributed by atoms with van der Waals surface area (Å²) in [5.41, 5.74) is 0.563. The molecule has 0 spiro atoms. The zero-order valence-corrected chi connectivity index (χ0v) is 16.2. The first-order chi connectivity index (χ1) is 13.2. The van der Waals surface area contributed by atoms with Crippen LogP contribution in [0.25, 0.3) is 0 Å². The van der Waals surface area contributed by atoms with Crippen molar-refractivity contribution in [1.82, 2.24) is 15.3 Å². The highest BCUT2D eigenvalue weighted by atomic mass is 16.5. The fourth-order valence-corrected chi connectivity index (χ4v) is 2.44. The van der Waals surface area contributed by atoms with Gasteiger partial charge in [0.1, 0.15) is 0 Å². The standard InChI is InChI=1S/C19H22N4O5/c1-23(2,3)12-14(9-17(24)25)22-18(26)16-8-7-15(28-16)6-5-13-10-20-19(27-4)21-11-13/h7-8,10-11,14H,9,12H2,1-4H3,(H-,22,24,25,26)/p+1. The van der Waals surface area contributed by atoms with Gasteiger partial charge in [-0.25, -0.2) is 9.97 Å². The van der Waals surface area contributed by atoms with Gasteiger partial charge in [0, 0.05) is 12.4 Å². The van der Waals surface area contributed by atoms with Gasteiger partial charge in [-0.2, -0.15) is 0 Å². The molecular weight excluding hydrogens is 364 g/mol. The van der Waals surface area contributed by atoms with E-state index in [1.54, 1.807) is 6.07 Å². The highest BCUT2D eigenvalue weighted by Gasteiger charge is 2.24. The van der Waals surface area contributed by atoms with Gasteiger partial charge in [-0.05, 0) is 18.1 Å². The highest BCUT2D eigenvalue weighted by molar-refractivity contribution is 5.92. The molecule has 148 valence electrons. The molecular formula is C19H23N4O5+. The number of amides is 1. The largest absolute Gasteiger partial charge is 0.481 e. The van der Waals surface area contributed by atoms with Crippen LogP contribution >= 0.6 is 0 Å². The average molecular weight is 387 g/mol. The number of methoxy groups -OCH3 is 1. The maximum Gasteiger partial charge on any atom is 0.316 e. The molecule has 0 bridgehead atoms. The molecule has 0 aromatic carbocycles. The number of quaternary nitrogens is 1. The second-order valence-electron chi connectivity index (χ2n) is 7.11. The number of aliphatic carboxylic acids is 1.